The maximum Gasteiger partial charge on any atom is 0.0464 e. The van der Waals surface area contributed by atoms with E-state index in [1.54, 1.807) is 0 Å². The maximum atomic E-state index is 6.06. The Morgan fingerprint density at radius 1 is 1.23 bits per heavy atom. The third kappa shape index (κ3) is 2.87. The van der Waals surface area contributed by atoms with Crippen LogP contribution in [0.5, 0.6) is 0 Å². The van der Waals surface area contributed by atoms with Crippen molar-refractivity contribution in [3.8, 4) is 0 Å². The highest BCUT2D eigenvalue weighted by Crippen LogP contribution is 2.28. The molecule has 0 amide bonds. The van der Waals surface area contributed by atoms with Gasteiger partial charge < -0.3 is 0 Å². The van der Waals surface area contributed by atoms with Crippen molar-refractivity contribution in [1.29, 1.82) is 0 Å². The summed E-state index contributed by atoms with van der Waals surface area (Å²) in [7, 11) is 0. The predicted molar refractivity (Wildman–Crippen MR) is 63.1 cm³/mol. The Kier molecular flexibility index (Phi) is 4.57. The van der Waals surface area contributed by atoms with E-state index in [2.05, 4.69) is 22.9 Å². The van der Waals surface area contributed by atoms with Gasteiger partial charge >= 0.3 is 0 Å². The zero-order valence-electron chi connectivity index (χ0n) is 7.41. The fourth-order valence-electron chi connectivity index (χ4n) is 1.22. The van der Waals surface area contributed by atoms with Gasteiger partial charge in [-0.3, -0.25) is 0 Å². The molecule has 0 radical (unpaired) electrons. The minimum absolute atomic E-state index is 0.705. The molecular weight excluding hydrogens is 271 g/mol. The number of hydrogen-bond acceptors (Lipinski definition) is 0. The van der Waals surface area contributed by atoms with Crippen molar-refractivity contribution in [1.82, 2.24) is 0 Å². The van der Waals surface area contributed by atoms with Gasteiger partial charge in [0.15, 0.2) is 0 Å². The molecule has 0 aliphatic heterocycles. The molecule has 1 aromatic rings. The average Bonchev–Trinajstić information content (AvgIpc) is 2.04. The lowest BCUT2D eigenvalue weighted by Crippen LogP contribution is -1.88. The van der Waals surface area contributed by atoms with Gasteiger partial charge in [0.05, 0.1) is 0 Å². The molecule has 0 N–H and O–H groups in total. The van der Waals surface area contributed by atoms with E-state index >= 15 is 0 Å². The summed E-state index contributed by atoms with van der Waals surface area (Å²) in [6.07, 6.45) is 2.14. The lowest BCUT2D eigenvalue weighted by Gasteiger charge is -2.06. The number of aryl methyl sites for hydroxylation is 1. The highest BCUT2D eigenvalue weighted by atomic mass is 79.9. The number of alkyl halides is 1. The lowest BCUT2D eigenvalue weighted by molar-refractivity contribution is 0.921. The van der Waals surface area contributed by atoms with Crippen molar-refractivity contribution < 1.29 is 0 Å². The molecule has 0 atom stereocenters. The zero-order valence-corrected chi connectivity index (χ0v) is 10.5. The van der Waals surface area contributed by atoms with Crippen molar-refractivity contribution in [2.45, 2.75) is 25.1 Å². The molecule has 1 aromatic carbocycles. The second kappa shape index (κ2) is 5.23. The van der Waals surface area contributed by atoms with Crippen molar-refractivity contribution in [3.63, 3.8) is 0 Å². The molecule has 13 heavy (non-hydrogen) atoms. The van der Waals surface area contributed by atoms with E-state index in [0.29, 0.717) is 5.33 Å². The SMILES string of the molecule is CCCc1cc(Cl)c(CBr)c(Cl)c1. The van der Waals surface area contributed by atoms with Gasteiger partial charge in [-0.2, -0.15) is 0 Å². The molecule has 0 aliphatic rings. The second-order valence-electron chi connectivity index (χ2n) is 2.92. The minimum atomic E-state index is 0.705. The van der Waals surface area contributed by atoms with Gasteiger partial charge in [0.2, 0.25) is 0 Å². The number of halogens is 3. The minimum Gasteiger partial charge on any atom is -0.0875 e. The number of hydrogen-bond donors (Lipinski definition) is 0. The zero-order chi connectivity index (χ0) is 9.84. The summed E-state index contributed by atoms with van der Waals surface area (Å²) >= 11 is 15.5. The topological polar surface area (TPSA) is 0 Å². The van der Waals surface area contributed by atoms with Crippen molar-refractivity contribution in [2.75, 3.05) is 0 Å². The van der Waals surface area contributed by atoms with E-state index in [-0.39, 0.29) is 0 Å². The van der Waals surface area contributed by atoms with Gasteiger partial charge in [-0.25, -0.2) is 0 Å². The van der Waals surface area contributed by atoms with Gasteiger partial charge in [0.1, 0.15) is 0 Å². The third-order valence-electron chi connectivity index (χ3n) is 1.87. The van der Waals surface area contributed by atoms with Crippen LogP contribution < -0.4 is 0 Å². The maximum absolute atomic E-state index is 6.06. The molecule has 0 saturated heterocycles. The first-order valence-electron chi connectivity index (χ1n) is 4.21. The van der Waals surface area contributed by atoms with Crippen LogP contribution in [0.25, 0.3) is 0 Å². The molecule has 72 valence electrons. The van der Waals surface area contributed by atoms with E-state index in [0.717, 1.165) is 28.5 Å². The summed E-state index contributed by atoms with van der Waals surface area (Å²) in [6, 6.07) is 3.99. The summed E-state index contributed by atoms with van der Waals surface area (Å²) in [5.74, 6) is 0. The van der Waals surface area contributed by atoms with E-state index in [1.807, 2.05) is 12.1 Å². The molecule has 0 nitrogen and oxygen atoms in total. The first kappa shape index (κ1) is 11.4. The van der Waals surface area contributed by atoms with Crippen LogP contribution >= 0.6 is 39.1 Å². The fourth-order valence-corrected chi connectivity index (χ4v) is 2.81. The quantitative estimate of drug-likeness (QED) is 0.696. The van der Waals surface area contributed by atoms with Crippen LogP contribution in [0.3, 0.4) is 0 Å². The van der Waals surface area contributed by atoms with E-state index in [4.69, 9.17) is 23.2 Å². The standard InChI is InChI=1S/C10H11BrCl2/c1-2-3-7-4-9(12)8(6-11)10(13)5-7/h4-5H,2-3,6H2,1H3. The predicted octanol–water partition coefficient (Wildman–Crippen LogP) is 4.84. The van der Waals surface area contributed by atoms with Crippen LogP contribution in [0.1, 0.15) is 24.5 Å². The number of rotatable bonds is 3. The van der Waals surface area contributed by atoms with Crippen LogP contribution in [-0.2, 0) is 11.8 Å². The Bertz CT molecular complexity index is 274. The van der Waals surface area contributed by atoms with E-state index in [9.17, 15) is 0 Å². The van der Waals surface area contributed by atoms with Crippen LogP contribution in [-0.4, -0.2) is 0 Å². The van der Waals surface area contributed by atoms with Gasteiger partial charge in [-0.05, 0) is 29.7 Å². The first-order chi connectivity index (χ1) is 6.19. The summed E-state index contributed by atoms with van der Waals surface area (Å²) in [4.78, 5) is 0. The molecule has 0 heterocycles. The molecule has 0 saturated carbocycles. The summed E-state index contributed by atoms with van der Waals surface area (Å²) in [5.41, 5.74) is 2.19. The summed E-state index contributed by atoms with van der Waals surface area (Å²) in [5, 5.41) is 2.22. The Labute approximate surface area is 97.4 Å². The van der Waals surface area contributed by atoms with E-state index < -0.39 is 0 Å². The second-order valence-corrected chi connectivity index (χ2v) is 4.30. The largest absolute Gasteiger partial charge is 0.0875 e. The van der Waals surface area contributed by atoms with Crippen LogP contribution in [0.4, 0.5) is 0 Å². The van der Waals surface area contributed by atoms with Gasteiger partial charge in [0, 0.05) is 15.4 Å². The molecule has 0 aliphatic carbocycles. The molecule has 0 fully saturated rings. The Balaban J connectivity index is 3.05. The van der Waals surface area contributed by atoms with Crippen molar-refractivity contribution in [2.24, 2.45) is 0 Å². The molecule has 0 aromatic heterocycles. The average molecular weight is 282 g/mol. The van der Waals surface area contributed by atoms with Crippen LogP contribution in [0, 0.1) is 0 Å². The molecule has 1 rings (SSSR count). The normalized spacial score (nSPS) is 10.5. The Morgan fingerprint density at radius 3 is 2.15 bits per heavy atom. The Hall–Kier alpha value is 0.280. The third-order valence-corrected chi connectivity index (χ3v) is 3.11. The lowest BCUT2D eigenvalue weighted by atomic mass is 10.1. The molecule has 0 unspecified atom stereocenters. The van der Waals surface area contributed by atoms with Gasteiger partial charge in [-0.1, -0.05) is 52.5 Å². The van der Waals surface area contributed by atoms with Gasteiger partial charge in [0.25, 0.3) is 0 Å². The number of benzene rings is 1. The van der Waals surface area contributed by atoms with Crippen LogP contribution in [0.15, 0.2) is 12.1 Å². The molecule has 0 bridgehead atoms. The highest BCUT2D eigenvalue weighted by Gasteiger charge is 2.06. The first-order valence-corrected chi connectivity index (χ1v) is 6.09. The summed E-state index contributed by atoms with van der Waals surface area (Å²) in [6.45, 7) is 2.14. The van der Waals surface area contributed by atoms with Crippen molar-refractivity contribution >= 4 is 39.1 Å². The van der Waals surface area contributed by atoms with E-state index in [1.165, 1.54) is 5.56 Å². The van der Waals surface area contributed by atoms with Crippen LogP contribution in [0.2, 0.25) is 10.0 Å². The molecule has 3 heteroatoms. The highest BCUT2D eigenvalue weighted by molar-refractivity contribution is 9.08. The molecule has 0 spiro atoms. The Morgan fingerprint density at radius 2 is 1.77 bits per heavy atom. The smallest absolute Gasteiger partial charge is 0.0464 e. The van der Waals surface area contributed by atoms with Gasteiger partial charge in [-0.15, -0.1) is 0 Å². The molecular formula is C10H11BrCl2. The van der Waals surface area contributed by atoms with Crippen molar-refractivity contribution in [3.05, 3.63) is 33.3 Å². The monoisotopic (exact) mass is 280 g/mol. The summed E-state index contributed by atoms with van der Waals surface area (Å²) < 4.78 is 0. The fraction of sp³-hybridized carbons (Fsp3) is 0.400.